The van der Waals surface area contributed by atoms with Crippen LogP contribution in [0.1, 0.15) is 28.7 Å². The van der Waals surface area contributed by atoms with Crippen molar-refractivity contribution in [2.24, 2.45) is 5.73 Å². The number of amides is 1. The number of nitrogens with zero attached hydrogens (tertiary/aromatic N) is 5. The third kappa shape index (κ3) is 5.47. The minimum Gasteiger partial charge on any atom is -0.362 e. The number of hydrogen-bond donors (Lipinski definition) is 3. The number of nitrogens with one attached hydrogen (secondary N) is 2. The quantitative estimate of drug-likeness (QED) is 0.609. The Morgan fingerprint density at radius 1 is 1.34 bits per heavy atom. The molecule has 29 heavy (non-hydrogen) atoms. The van der Waals surface area contributed by atoms with E-state index in [0.29, 0.717) is 17.1 Å². The van der Waals surface area contributed by atoms with Gasteiger partial charge in [0.15, 0.2) is 5.82 Å². The molecule has 0 saturated heterocycles. The molecule has 0 spiro atoms. The highest BCUT2D eigenvalue weighted by atomic mass is 16.1. The minimum absolute atomic E-state index is 0.181. The number of carbonyl (C=O) groups is 1. The van der Waals surface area contributed by atoms with Crippen LogP contribution in [0.25, 0.3) is 5.82 Å². The van der Waals surface area contributed by atoms with Crippen molar-refractivity contribution in [3.05, 3.63) is 72.6 Å². The van der Waals surface area contributed by atoms with Gasteiger partial charge >= 0.3 is 0 Å². The normalized spacial score (nSPS) is 9.59. The Morgan fingerprint density at radius 2 is 2.07 bits per heavy atom. The second kappa shape index (κ2) is 10.3. The van der Waals surface area contributed by atoms with E-state index in [0.717, 1.165) is 17.9 Å². The molecule has 0 saturated carbocycles. The second-order valence-electron chi connectivity index (χ2n) is 5.71. The monoisotopic (exact) mass is 390 g/mol. The third-order valence-electron chi connectivity index (χ3n) is 3.63. The van der Waals surface area contributed by atoms with E-state index in [1.165, 1.54) is 12.3 Å². The van der Waals surface area contributed by atoms with Crippen molar-refractivity contribution < 1.29 is 4.79 Å². The van der Waals surface area contributed by atoms with E-state index in [1.807, 2.05) is 32.0 Å². The van der Waals surface area contributed by atoms with Crippen LogP contribution in [0.4, 0.5) is 11.4 Å². The molecular weight excluding hydrogens is 368 g/mol. The molecule has 0 aromatic carbocycles. The predicted octanol–water partition coefficient (Wildman–Crippen LogP) is 2.62. The molecule has 0 fully saturated rings. The molecule has 9 heteroatoms. The Hall–Kier alpha value is -4.03. The number of rotatable bonds is 5. The van der Waals surface area contributed by atoms with Gasteiger partial charge in [-0.1, -0.05) is 13.5 Å². The molecule has 0 aliphatic rings. The van der Waals surface area contributed by atoms with Crippen LogP contribution < -0.4 is 16.4 Å². The maximum atomic E-state index is 12.4. The van der Waals surface area contributed by atoms with Crippen molar-refractivity contribution in [2.75, 3.05) is 17.2 Å². The van der Waals surface area contributed by atoms with E-state index < -0.39 is 0 Å². The highest BCUT2D eigenvalue weighted by molar-refractivity contribution is 6.04. The molecule has 0 aliphatic heterocycles. The molecule has 0 radical (unpaired) electrons. The number of carbonyl (C=O) groups excluding carboxylic acids is 1. The van der Waals surface area contributed by atoms with E-state index in [2.05, 4.69) is 32.3 Å². The van der Waals surface area contributed by atoms with Gasteiger partial charge in [-0.3, -0.25) is 4.79 Å². The van der Waals surface area contributed by atoms with Crippen LogP contribution in [0.3, 0.4) is 0 Å². The topological polar surface area (TPSA) is 135 Å². The van der Waals surface area contributed by atoms with Crippen molar-refractivity contribution in [2.45, 2.75) is 13.8 Å². The Balaban J connectivity index is 0.000000941. The molecule has 0 bridgehead atoms. The number of nitrogens with two attached hydrogens (primary N) is 1. The van der Waals surface area contributed by atoms with Gasteiger partial charge in [-0.2, -0.15) is 10.4 Å². The largest absolute Gasteiger partial charge is 0.362 e. The smallest absolute Gasteiger partial charge is 0.255 e. The Labute approximate surface area is 168 Å². The van der Waals surface area contributed by atoms with Gasteiger partial charge in [0.1, 0.15) is 11.8 Å². The Kier molecular flexibility index (Phi) is 7.59. The maximum absolute atomic E-state index is 12.4. The zero-order chi connectivity index (χ0) is 21.2. The minimum atomic E-state index is -0.346. The van der Waals surface area contributed by atoms with Crippen LogP contribution in [0.5, 0.6) is 0 Å². The van der Waals surface area contributed by atoms with Crippen LogP contribution in [0, 0.1) is 18.3 Å². The zero-order valence-electron chi connectivity index (χ0n) is 16.3. The Morgan fingerprint density at radius 3 is 2.76 bits per heavy atom. The summed E-state index contributed by atoms with van der Waals surface area (Å²) in [6.07, 6.45) is 6.20. The molecule has 0 unspecified atom stereocenters. The molecule has 1 amide bonds. The highest BCUT2D eigenvalue weighted by Crippen LogP contribution is 2.20. The molecule has 0 atom stereocenters. The van der Waals surface area contributed by atoms with Crippen LogP contribution in [0.15, 0.2) is 55.6 Å². The molecule has 0 aliphatic carbocycles. The van der Waals surface area contributed by atoms with Gasteiger partial charge in [0.05, 0.1) is 17.6 Å². The summed E-state index contributed by atoms with van der Waals surface area (Å²) in [5.41, 5.74) is 7.47. The van der Waals surface area contributed by atoms with Gasteiger partial charge in [-0.25, -0.2) is 14.6 Å². The molecule has 3 aromatic rings. The van der Waals surface area contributed by atoms with Gasteiger partial charge in [0.25, 0.3) is 5.91 Å². The summed E-state index contributed by atoms with van der Waals surface area (Å²) in [6, 6.07) is 8.51. The van der Waals surface area contributed by atoms with E-state index in [9.17, 15) is 4.79 Å². The summed E-state index contributed by atoms with van der Waals surface area (Å²) in [4.78, 5) is 20.5. The maximum Gasteiger partial charge on any atom is 0.255 e. The molecular formula is C20H22N8O. The van der Waals surface area contributed by atoms with Gasteiger partial charge < -0.3 is 16.4 Å². The second-order valence-corrected chi connectivity index (χ2v) is 5.71. The first kappa shape index (κ1) is 21.3. The third-order valence-corrected chi connectivity index (χ3v) is 3.63. The van der Waals surface area contributed by atoms with E-state index in [4.69, 9.17) is 11.0 Å². The van der Waals surface area contributed by atoms with Crippen LogP contribution in [0.2, 0.25) is 0 Å². The molecule has 4 N–H and O–H groups in total. The van der Waals surface area contributed by atoms with E-state index >= 15 is 0 Å². The van der Waals surface area contributed by atoms with Crippen molar-refractivity contribution in [1.82, 2.24) is 19.7 Å². The number of hydrogen-bond acceptors (Lipinski definition) is 7. The van der Waals surface area contributed by atoms with Crippen LogP contribution >= 0.6 is 0 Å². The first-order valence-corrected chi connectivity index (χ1v) is 8.80. The van der Waals surface area contributed by atoms with Crippen molar-refractivity contribution in [3.63, 3.8) is 0 Å². The number of aromatic nitrogens is 4. The van der Waals surface area contributed by atoms with Gasteiger partial charge in [0.2, 0.25) is 0 Å². The molecule has 3 aromatic heterocycles. The summed E-state index contributed by atoms with van der Waals surface area (Å²) in [5.74, 6) is 0.257. The predicted molar refractivity (Wildman–Crippen MR) is 112 cm³/mol. The van der Waals surface area contributed by atoms with Crippen molar-refractivity contribution in [3.8, 4) is 11.9 Å². The average molecular weight is 390 g/mol. The lowest BCUT2D eigenvalue weighted by Gasteiger charge is -2.08. The number of anilines is 2. The average Bonchev–Trinajstić information content (AvgIpc) is 3.09. The molecule has 3 rings (SSSR count). The van der Waals surface area contributed by atoms with Gasteiger partial charge in [-0.15, -0.1) is 0 Å². The SMILES string of the molecule is C=CNc1ccnc(-n2ncc(NC(=O)c3ccnc(C#N)c3)c2C)c1.CCN. The first-order valence-electron chi connectivity index (χ1n) is 8.80. The van der Waals surface area contributed by atoms with E-state index in [1.54, 1.807) is 29.3 Å². The van der Waals surface area contributed by atoms with Crippen molar-refractivity contribution in [1.29, 1.82) is 5.26 Å². The van der Waals surface area contributed by atoms with E-state index in [-0.39, 0.29) is 11.6 Å². The summed E-state index contributed by atoms with van der Waals surface area (Å²) >= 11 is 0. The van der Waals surface area contributed by atoms with Crippen molar-refractivity contribution >= 4 is 17.3 Å². The summed E-state index contributed by atoms with van der Waals surface area (Å²) in [5, 5.41) is 19.0. The lowest BCUT2D eigenvalue weighted by atomic mass is 10.2. The fourth-order valence-corrected chi connectivity index (χ4v) is 2.33. The fraction of sp³-hybridized carbons (Fsp3) is 0.150. The summed E-state index contributed by atoms with van der Waals surface area (Å²) < 4.78 is 1.62. The van der Waals surface area contributed by atoms with Gasteiger partial charge in [-0.05, 0) is 37.9 Å². The standard InChI is InChI=1S/C18H15N7O.C2H7N/c1-3-20-14-5-7-22-17(9-14)25-12(2)16(11-23-25)24-18(26)13-4-6-21-15(8-13)10-19;1-2-3/h3-9,11H,1H2,2H3,(H,20,22)(H,24,26);2-3H2,1H3. The summed E-state index contributed by atoms with van der Waals surface area (Å²) in [7, 11) is 0. The lowest BCUT2D eigenvalue weighted by molar-refractivity contribution is 0.102. The lowest BCUT2D eigenvalue weighted by Crippen LogP contribution is -2.13. The Bertz CT molecular complexity index is 1030. The summed E-state index contributed by atoms with van der Waals surface area (Å²) in [6.45, 7) is 8.11. The van der Waals surface area contributed by atoms with Crippen LogP contribution in [-0.2, 0) is 0 Å². The zero-order valence-corrected chi connectivity index (χ0v) is 16.3. The van der Waals surface area contributed by atoms with Crippen LogP contribution in [-0.4, -0.2) is 32.2 Å². The first-order chi connectivity index (χ1) is 14.0. The highest BCUT2D eigenvalue weighted by Gasteiger charge is 2.14. The number of nitriles is 1. The molecule has 3 heterocycles. The fourth-order valence-electron chi connectivity index (χ4n) is 2.33. The number of pyridine rings is 2. The molecule has 148 valence electrons. The molecule has 9 nitrogen and oxygen atoms in total. The van der Waals surface area contributed by atoms with Gasteiger partial charge in [0, 0.05) is 29.7 Å².